The Morgan fingerprint density at radius 1 is 1.08 bits per heavy atom. The van der Waals surface area contributed by atoms with Crippen molar-refractivity contribution in [1.82, 2.24) is 20.9 Å². The first-order valence-electron chi connectivity index (χ1n) is 11.7. The number of H-pyrrole nitrogens is 1. The second kappa shape index (κ2) is 12.7. The molecule has 0 fully saturated rings. The molecule has 1 heterocycles. The van der Waals surface area contributed by atoms with Crippen LogP contribution in [-0.4, -0.2) is 36.1 Å². The van der Waals surface area contributed by atoms with Gasteiger partial charge in [-0.3, -0.25) is 15.0 Å². The molecule has 0 atom stereocenters. The van der Waals surface area contributed by atoms with Gasteiger partial charge in [-0.05, 0) is 54.4 Å². The molecule has 2 aromatic carbocycles. The lowest BCUT2D eigenvalue weighted by molar-refractivity contribution is -0.123. The topological polar surface area (TPSA) is 136 Å². The van der Waals surface area contributed by atoms with E-state index in [9.17, 15) is 14.0 Å². The summed E-state index contributed by atoms with van der Waals surface area (Å²) in [5.74, 6) is 4.32. The van der Waals surface area contributed by atoms with Gasteiger partial charge in [0, 0.05) is 42.3 Å². The van der Waals surface area contributed by atoms with Crippen LogP contribution >= 0.6 is 0 Å². The average molecular weight is 501 g/mol. The van der Waals surface area contributed by atoms with Gasteiger partial charge in [-0.1, -0.05) is 30.9 Å². The summed E-state index contributed by atoms with van der Waals surface area (Å²) in [5.41, 5.74) is 9.85. The molecule has 2 amide bonds. The summed E-state index contributed by atoms with van der Waals surface area (Å²) in [5, 5.41) is 16.6. The molecular weight excluding hydrogens is 471 g/mol. The molecule has 3 rings (SSSR count). The molecule has 0 aliphatic carbocycles. The van der Waals surface area contributed by atoms with Gasteiger partial charge in [-0.15, -0.1) is 0 Å². The lowest BCUT2D eigenvalue weighted by atomic mass is 10.0. The number of anilines is 1. The monoisotopic (exact) mass is 500 g/mol. The number of allylic oxidation sites excluding steroid dienone is 1. The molecule has 0 spiro atoms. The fourth-order valence-corrected chi connectivity index (χ4v) is 3.59. The Morgan fingerprint density at radius 2 is 1.81 bits per heavy atom. The van der Waals surface area contributed by atoms with Gasteiger partial charge in [0.15, 0.2) is 0 Å². The van der Waals surface area contributed by atoms with Crippen molar-refractivity contribution in [3.05, 3.63) is 100 Å². The summed E-state index contributed by atoms with van der Waals surface area (Å²) in [7, 11) is 1.64. The highest BCUT2D eigenvalue weighted by Crippen LogP contribution is 2.17. The van der Waals surface area contributed by atoms with Crippen molar-refractivity contribution in [3.8, 4) is 11.8 Å². The van der Waals surface area contributed by atoms with E-state index in [2.05, 4.69) is 32.8 Å². The number of hydrogen-bond donors (Lipinski definition) is 6. The number of benzene rings is 2. The summed E-state index contributed by atoms with van der Waals surface area (Å²) in [6.45, 7) is 1.99. The van der Waals surface area contributed by atoms with E-state index < -0.39 is 11.8 Å². The third kappa shape index (κ3) is 7.08. The number of halogens is 1. The van der Waals surface area contributed by atoms with Gasteiger partial charge < -0.3 is 26.7 Å². The van der Waals surface area contributed by atoms with Gasteiger partial charge in [0.1, 0.15) is 11.4 Å². The molecule has 3 aromatic rings. The minimum Gasteiger partial charge on any atom is -0.398 e. The maximum atomic E-state index is 13.1. The quantitative estimate of drug-likeness (QED) is 0.0672. The zero-order chi connectivity index (χ0) is 26.8. The summed E-state index contributed by atoms with van der Waals surface area (Å²) < 4.78 is 13.1. The van der Waals surface area contributed by atoms with Crippen molar-refractivity contribution in [2.45, 2.75) is 19.9 Å². The molecule has 9 heteroatoms. The van der Waals surface area contributed by atoms with Crippen molar-refractivity contribution in [1.29, 1.82) is 5.41 Å². The van der Waals surface area contributed by atoms with Crippen LogP contribution < -0.4 is 21.7 Å². The third-order valence-electron chi connectivity index (χ3n) is 5.54. The van der Waals surface area contributed by atoms with E-state index in [0.717, 1.165) is 0 Å². The number of hydrogen-bond acceptors (Lipinski definition) is 5. The van der Waals surface area contributed by atoms with Gasteiger partial charge in [0.2, 0.25) is 0 Å². The Bertz CT molecular complexity index is 1360. The van der Waals surface area contributed by atoms with E-state index in [4.69, 9.17) is 11.1 Å². The smallest absolute Gasteiger partial charge is 0.259 e. The van der Waals surface area contributed by atoms with Gasteiger partial charge in [0.25, 0.3) is 11.8 Å². The maximum Gasteiger partial charge on any atom is 0.259 e. The van der Waals surface area contributed by atoms with Gasteiger partial charge in [-0.2, -0.15) is 0 Å². The second-order valence-corrected chi connectivity index (χ2v) is 8.01. The van der Waals surface area contributed by atoms with Crippen molar-refractivity contribution >= 4 is 23.2 Å². The zero-order valence-corrected chi connectivity index (χ0v) is 20.7. The number of amides is 2. The van der Waals surface area contributed by atoms with Crippen molar-refractivity contribution in [3.63, 3.8) is 0 Å². The van der Waals surface area contributed by atoms with E-state index in [1.165, 1.54) is 12.1 Å². The number of carbonyl (C=O) groups is 2. The highest BCUT2D eigenvalue weighted by molar-refractivity contribution is 6.19. The van der Waals surface area contributed by atoms with Crippen LogP contribution in [0, 0.1) is 23.1 Å². The number of nitrogens with two attached hydrogens (primary N) is 1. The average Bonchev–Trinajstić information content (AvgIpc) is 3.44. The number of aromatic amines is 1. The van der Waals surface area contributed by atoms with Crippen molar-refractivity contribution in [2.24, 2.45) is 0 Å². The summed E-state index contributed by atoms with van der Waals surface area (Å²) in [6, 6.07) is 14.5. The lowest BCUT2D eigenvalue weighted by Gasteiger charge is -2.14. The molecule has 7 N–H and O–H groups in total. The fourth-order valence-electron chi connectivity index (χ4n) is 3.59. The largest absolute Gasteiger partial charge is 0.398 e. The molecule has 8 nitrogen and oxygen atoms in total. The molecular formula is C28H29FN6O2. The number of nitrogen functional groups attached to an aromatic ring is 1. The third-order valence-corrected chi connectivity index (χ3v) is 5.54. The minimum atomic E-state index is -0.564. The van der Waals surface area contributed by atoms with Crippen molar-refractivity contribution in [2.75, 3.05) is 19.3 Å². The molecule has 0 bridgehead atoms. The number of rotatable bonds is 9. The first-order valence-corrected chi connectivity index (χ1v) is 11.7. The summed E-state index contributed by atoms with van der Waals surface area (Å²) in [6.07, 6.45) is 2.18. The van der Waals surface area contributed by atoms with Crippen LogP contribution in [0.3, 0.4) is 0 Å². The van der Waals surface area contributed by atoms with E-state index in [1.54, 1.807) is 49.6 Å². The highest BCUT2D eigenvalue weighted by atomic mass is 19.1. The van der Waals surface area contributed by atoms with E-state index >= 15 is 0 Å². The highest BCUT2D eigenvalue weighted by Gasteiger charge is 2.21. The first-order chi connectivity index (χ1) is 17.8. The summed E-state index contributed by atoms with van der Waals surface area (Å²) >= 11 is 0. The molecule has 0 saturated heterocycles. The van der Waals surface area contributed by atoms with Crippen LogP contribution in [0.25, 0.3) is 0 Å². The van der Waals surface area contributed by atoms with Gasteiger partial charge in [0.05, 0.1) is 18.0 Å². The Hall–Kier alpha value is -4.84. The van der Waals surface area contributed by atoms with Crippen LogP contribution in [0.5, 0.6) is 0 Å². The normalized spacial score (nSPS) is 11.0. The Morgan fingerprint density at radius 3 is 2.43 bits per heavy atom. The zero-order valence-electron chi connectivity index (χ0n) is 20.7. The van der Waals surface area contributed by atoms with Crippen LogP contribution in [0.15, 0.2) is 72.1 Å². The Labute approximate surface area is 215 Å². The second-order valence-electron chi connectivity index (χ2n) is 8.01. The van der Waals surface area contributed by atoms with Crippen LogP contribution in [0.2, 0.25) is 0 Å². The standard InChI is InChI=1S/C28H29FN6O2/c1-3-23(32-2)25(28(37)35-17-19-8-11-20(29)12-9-19)27(36)34-15-4-6-18-10-13-21(22(30)16-18)26(31)24-7-5-14-33-24/h5,7-14,16,31-33H,3,15,17,30H2,1-2H3,(H,34,36)(H,35,37)/b25-23-,31-26?. The van der Waals surface area contributed by atoms with Gasteiger partial charge in [-0.25, -0.2) is 4.39 Å². The van der Waals surface area contributed by atoms with E-state index in [1.807, 2.05) is 13.0 Å². The SMILES string of the molecule is CC/C(NC)=C(\C(=O)NCC#Cc1ccc(C(=N)c2ccc[nH]2)c(N)c1)C(=O)NCc1ccc(F)cc1. The first kappa shape index (κ1) is 26.8. The molecule has 190 valence electrons. The Kier molecular flexibility index (Phi) is 9.22. The van der Waals surface area contributed by atoms with Gasteiger partial charge >= 0.3 is 0 Å². The predicted octanol–water partition coefficient (Wildman–Crippen LogP) is 2.82. The van der Waals surface area contributed by atoms with Crippen LogP contribution in [0.4, 0.5) is 10.1 Å². The van der Waals surface area contributed by atoms with Crippen LogP contribution in [-0.2, 0) is 16.1 Å². The summed E-state index contributed by atoms with van der Waals surface area (Å²) in [4.78, 5) is 28.7. The van der Waals surface area contributed by atoms with E-state index in [-0.39, 0.29) is 30.2 Å². The fraction of sp³-hybridized carbons (Fsp3) is 0.179. The lowest BCUT2D eigenvalue weighted by Crippen LogP contribution is -2.37. The molecule has 0 saturated carbocycles. The minimum absolute atomic E-state index is 0.00817. The number of aromatic nitrogens is 1. The molecule has 0 radical (unpaired) electrons. The Balaban J connectivity index is 1.64. The molecule has 0 aliphatic rings. The molecule has 0 unspecified atom stereocenters. The van der Waals surface area contributed by atoms with Crippen molar-refractivity contribution < 1.29 is 14.0 Å². The van der Waals surface area contributed by atoms with E-state index in [0.29, 0.717) is 40.2 Å². The molecule has 37 heavy (non-hydrogen) atoms. The predicted molar refractivity (Wildman–Crippen MR) is 142 cm³/mol. The number of carbonyl (C=O) groups excluding carboxylic acids is 2. The molecule has 0 aliphatic heterocycles. The molecule has 1 aromatic heterocycles. The van der Waals surface area contributed by atoms with Crippen LogP contribution in [0.1, 0.15) is 35.7 Å². The number of nitrogens with one attached hydrogen (secondary N) is 5. The maximum absolute atomic E-state index is 13.1.